The average Bonchev–Trinajstić information content (AvgIpc) is 2.67. The first-order valence-corrected chi connectivity index (χ1v) is 5.93. The highest BCUT2D eigenvalue weighted by Gasteiger charge is 2.02. The number of halogens is 1. The van der Waals surface area contributed by atoms with Crippen molar-refractivity contribution >= 4 is 11.3 Å². The Kier molecular flexibility index (Phi) is 3.64. The van der Waals surface area contributed by atoms with Gasteiger partial charge in [0.25, 0.3) is 0 Å². The zero-order valence-corrected chi connectivity index (χ0v) is 9.85. The van der Waals surface area contributed by atoms with Crippen LogP contribution in [0.3, 0.4) is 0 Å². The molecule has 0 saturated carbocycles. The highest BCUT2D eigenvalue weighted by atomic mass is 32.1. The number of thiophene rings is 1. The van der Waals surface area contributed by atoms with E-state index in [2.05, 4.69) is 29.4 Å². The van der Waals surface area contributed by atoms with Crippen molar-refractivity contribution in [2.45, 2.75) is 20.0 Å². The second kappa shape index (κ2) is 5.18. The van der Waals surface area contributed by atoms with Gasteiger partial charge in [0.2, 0.25) is 0 Å². The average molecular weight is 236 g/mol. The van der Waals surface area contributed by atoms with Gasteiger partial charge in [0.15, 0.2) is 0 Å². The number of nitrogens with zero attached hydrogens (tertiary/aromatic N) is 1. The fourth-order valence-electron chi connectivity index (χ4n) is 1.43. The molecule has 0 radical (unpaired) electrons. The minimum Gasteiger partial charge on any atom is -0.306 e. The quantitative estimate of drug-likeness (QED) is 0.883. The lowest BCUT2D eigenvalue weighted by molar-refractivity contribution is 0.575. The van der Waals surface area contributed by atoms with Gasteiger partial charge in [0.05, 0.1) is 5.69 Å². The molecule has 0 aliphatic heterocycles. The third kappa shape index (κ3) is 2.87. The monoisotopic (exact) mass is 236 g/mol. The van der Waals surface area contributed by atoms with Gasteiger partial charge in [-0.15, -0.1) is 11.3 Å². The maximum atomic E-state index is 13.2. The summed E-state index contributed by atoms with van der Waals surface area (Å²) in [6.45, 7) is 3.30. The van der Waals surface area contributed by atoms with E-state index in [0.29, 0.717) is 12.2 Å². The largest absolute Gasteiger partial charge is 0.306 e. The van der Waals surface area contributed by atoms with Crippen molar-refractivity contribution in [1.82, 2.24) is 10.3 Å². The molecule has 2 nitrogen and oxygen atoms in total. The number of pyridine rings is 1. The molecule has 16 heavy (non-hydrogen) atoms. The molecule has 2 rings (SSSR count). The van der Waals surface area contributed by atoms with Gasteiger partial charge in [0, 0.05) is 29.0 Å². The summed E-state index contributed by atoms with van der Waals surface area (Å²) in [6, 6.07) is 7.20. The van der Waals surface area contributed by atoms with Gasteiger partial charge in [0.1, 0.15) is 5.82 Å². The van der Waals surface area contributed by atoms with E-state index >= 15 is 0 Å². The summed E-state index contributed by atoms with van der Waals surface area (Å²) in [5.74, 6) is -0.252. The predicted molar refractivity (Wildman–Crippen MR) is 63.8 cm³/mol. The zero-order chi connectivity index (χ0) is 11.4. The maximum absolute atomic E-state index is 13.2. The summed E-state index contributed by atoms with van der Waals surface area (Å²) in [7, 11) is 0. The Bertz CT molecular complexity index is 468. The molecule has 1 N–H and O–H groups in total. The van der Waals surface area contributed by atoms with E-state index in [0.717, 1.165) is 6.54 Å². The van der Waals surface area contributed by atoms with Crippen LogP contribution in [0.1, 0.15) is 15.4 Å². The van der Waals surface area contributed by atoms with Crippen LogP contribution >= 0.6 is 11.3 Å². The predicted octanol–water partition coefficient (Wildman–Crippen LogP) is 2.88. The molecule has 0 saturated heterocycles. The standard InChI is InChI=1S/C12H13FN2S/c1-9-4-5-10(16-9)7-14-8-12-11(13)3-2-6-15-12/h2-6,14H,7-8H2,1H3. The molecule has 0 atom stereocenters. The fraction of sp³-hybridized carbons (Fsp3) is 0.250. The molecule has 0 aliphatic rings. The minimum atomic E-state index is -0.252. The van der Waals surface area contributed by atoms with E-state index in [1.54, 1.807) is 23.6 Å². The summed E-state index contributed by atoms with van der Waals surface area (Å²) in [4.78, 5) is 6.53. The number of aromatic nitrogens is 1. The van der Waals surface area contributed by atoms with Crippen LogP contribution in [0.2, 0.25) is 0 Å². The van der Waals surface area contributed by atoms with Crippen LogP contribution in [-0.4, -0.2) is 4.98 Å². The molecular formula is C12H13FN2S. The molecule has 0 fully saturated rings. The van der Waals surface area contributed by atoms with Crippen molar-refractivity contribution in [2.24, 2.45) is 0 Å². The molecular weight excluding hydrogens is 223 g/mol. The Morgan fingerprint density at radius 3 is 2.88 bits per heavy atom. The number of aryl methyl sites for hydroxylation is 1. The number of hydrogen-bond donors (Lipinski definition) is 1. The summed E-state index contributed by atoms with van der Waals surface area (Å²) in [6.07, 6.45) is 1.61. The molecule has 2 aromatic rings. The second-order valence-electron chi connectivity index (χ2n) is 3.55. The Morgan fingerprint density at radius 2 is 2.19 bits per heavy atom. The van der Waals surface area contributed by atoms with Crippen LogP contribution in [0.15, 0.2) is 30.5 Å². The first-order chi connectivity index (χ1) is 7.75. The molecule has 84 valence electrons. The van der Waals surface area contributed by atoms with Gasteiger partial charge in [-0.2, -0.15) is 0 Å². The van der Waals surface area contributed by atoms with Gasteiger partial charge in [-0.3, -0.25) is 4.98 Å². The van der Waals surface area contributed by atoms with Crippen molar-refractivity contribution in [3.63, 3.8) is 0 Å². The van der Waals surface area contributed by atoms with Gasteiger partial charge in [-0.25, -0.2) is 4.39 Å². The fourth-order valence-corrected chi connectivity index (χ4v) is 2.29. The van der Waals surface area contributed by atoms with Crippen LogP contribution in [0.4, 0.5) is 4.39 Å². The van der Waals surface area contributed by atoms with Crippen molar-refractivity contribution < 1.29 is 4.39 Å². The molecule has 2 heterocycles. The topological polar surface area (TPSA) is 24.9 Å². The Morgan fingerprint density at radius 1 is 1.31 bits per heavy atom. The molecule has 0 amide bonds. The Hall–Kier alpha value is -1.26. The molecule has 4 heteroatoms. The normalized spacial score (nSPS) is 10.6. The molecule has 0 unspecified atom stereocenters. The molecule has 0 aliphatic carbocycles. The summed E-state index contributed by atoms with van der Waals surface area (Å²) in [5, 5.41) is 3.18. The van der Waals surface area contributed by atoms with E-state index in [1.807, 2.05) is 0 Å². The first-order valence-electron chi connectivity index (χ1n) is 5.11. The van der Waals surface area contributed by atoms with Crippen molar-refractivity contribution in [1.29, 1.82) is 0 Å². The van der Waals surface area contributed by atoms with Crippen molar-refractivity contribution in [3.8, 4) is 0 Å². The molecule has 0 bridgehead atoms. The third-order valence-corrected chi connectivity index (χ3v) is 3.22. The van der Waals surface area contributed by atoms with E-state index in [4.69, 9.17) is 0 Å². The van der Waals surface area contributed by atoms with Gasteiger partial charge >= 0.3 is 0 Å². The van der Waals surface area contributed by atoms with Crippen LogP contribution in [0.5, 0.6) is 0 Å². The van der Waals surface area contributed by atoms with Gasteiger partial charge in [-0.1, -0.05) is 0 Å². The van der Waals surface area contributed by atoms with E-state index < -0.39 is 0 Å². The van der Waals surface area contributed by atoms with Crippen molar-refractivity contribution in [2.75, 3.05) is 0 Å². The Labute approximate surface area is 98.2 Å². The van der Waals surface area contributed by atoms with Gasteiger partial charge < -0.3 is 5.32 Å². The highest BCUT2D eigenvalue weighted by Crippen LogP contribution is 2.14. The lowest BCUT2D eigenvalue weighted by atomic mass is 10.3. The second-order valence-corrected chi connectivity index (χ2v) is 4.92. The smallest absolute Gasteiger partial charge is 0.146 e. The third-order valence-electron chi connectivity index (χ3n) is 2.22. The number of rotatable bonds is 4. The Balaban J connectivity index is 1.87. The first kappa shape index (κ1) is 11.2. The minimum absolute atomic E-state index is 0.252. The summed E-state index contributed by atoms with van der Waals surface area (Å²) < 4.78 is 13.2. The molecule has 2 aromatic heterocycles. The van der Waals surface area contributed by atoms with E-state index in [1.165, 1.54) is 15.8 Å². The van der Waals surface area contributed by atoms with Crippen LogP contribution in [0.25, 0.3) is 0 Å². The summed E-state index contributed by atoms with van der Waals surface area (Å²) in [5.41, 5.74) is 0.468. The lowest BCUT2D eigenvalue weighted by Gasteiger charge is -2.03. The number of hydrogen-bond acceptors (Lipinski definition) is 3. The zero-order valence-electron chi connectivity index (χ0n) is 9.03. The highest BCUT2D eigenvalue weighted by molar-refractivity contribution is 7.11. The van der Waals surface area contributed by atoms with Crippen LogP contribution in [-0.2, 0) is 13.1 Å². The maximum Gasteiger partial charge on any atom is 0.146 e. The van der Waals surface area contributed by atoms with Crippen LogP contribution < -0.4 is 5.32 Å². The summed E-state index contributed by atoms with van der Waals surface area (Å²) >= 11 is 1.75. The lowest BCUT2D eigenvalue weighted by Crippen LogP contribution is -2.14. The number of nitrogens with one attached hydrogen (secondary N) is 1. The SMILES string of the molecule is Cc1ccc(CNCc2ncccc2F)s1. The van der Waals surface area contributed by atoms with Gasteiger partial charge in [-0.05, 0) is 31.2 Å². The van der Waals surface area contributed by atoms with Crippen molar-refractivity contribution in [3.05, 3.63) is 51.7 Å². The van der Waals surface area contributed by atoms with E-state index in [9.17, 15) is 4.39 Å². The molecule has 0 aromatic carbocycles. The molecule has 0 spiro atoms. The van der Waals surface area contributed by atoms with Crippen LogP contribution in [0, 0.1) is 12.7 Å². The van der Waals surface area contributed by atoms with E-state index in [-0.39, 0.29) is 5.82 Å².